The van der Waals surface area contributed by atoms with Crippen molar-refractivity contribution in [1.82, 2.24) is 4.98 Å². The van der Waals surface area contributed by atoms with Gasteiger partial charge in [-0.15, -0.1) is 0 Å². The fourth-order valence-electron chi connectivity index (χ4n) is 3.17. The molecule has 2 aromatic rings. The molecular formula is C18H24N2O2. The zero-order valence-corrected chi connectivity index (χ0v) is 13.2. The molecule has 22 heavy (non-hydrogen) atoms. The molecule has 4 heteroatoms. The Balaban J connectivity index is 1.91. The number of hydrogen-bond acceptors (Lipinski definition) is 4. The number of hydrogen-bond donors (Lipinski definition) is 1. The van der Waals surface area contributed by atoms with Gasteiger partial charge in [-0.05, 0) is 31.4 Å². The summed E-state index contributed by atoms with van der Waals surface area (Å²) in [5.74, 6) is 0. The van der Waals surface area contributed by atoms with Crippen molar-refractivity contribution < 1.29 is 9.84 Å². The topological polar surface area (TPSA) is 45.6 Å². The van der Waals surface area contributed by atoms with Crippen LogP contribution in [0.2, 0.25) is 0 Å². The lowest BCUT2D eigenvalue weighted by atomic mass is 10.0. The molecule has 3 rings (SSSR count). The van der Waals surface area contributed by atoms with E-state index in [1.165, 1.54) is 11.1 Å². The van der Waals surface area contributed by atoms with Crippen molar-refractivity contribution in [2.75, 3.05) is 31.2 Å². The highest BCUT2D eigenvalue weighted by molar-refractivity contribution is 5.92. The second-order valence-corrected chi connectivity index (χ2v) is 5.81. The molecule has 1 aromatic heterocycles. The normalized spacial score (nSPS) is 18.8. The number of nitrogens with zero attached hydrogens (tertiary/aromatic N) is 2. The number of fused-ring (bicyclic) bond motifs is 1. The van der Waals surface area contributed by atoms with E-state index in [4.69, 9.17) is 14.8 Å². The lowest BCUT2D eigenvalue weighted by Gasteiger charge is -2.35. The number of aliphatic hydroxyl groups is 1. The first-order valence-corrected chi connectivity index (χ1v) is 8.18. The molecule has 1 aromatic carbocycles. The molecule has 118 valence electrons. The van der Waals surface area contributed by atoms with Gasteiger partial charge in [0.15, 0.2) is 0 Å². The highest BCUT2D eigenvalue weighted by Gasteiger charge is 2.22. The minimum absolute atomic E-state index is 0.0919. The second-order valence-electron chi connectivity index (χ2n) is 5.81. The summed E-state index contributed by atoms with van der Waals surface area (Å²) in [5, 5.41) is 10.2. The molecule has 0 saturated carbocycles. The first kappa shape index (κ1) is 15.3. The van der Waals surface area contributed by atoms with Gasteiger partial charge in [-0.25, -0.2) is 0 Å². The fourth-order valence-corrected chi connectivity index (χ4v) is 3.17. The molecule has 2 heterocycles. The first-order chi connectivity index (χ1) is 10.8. The first-order valence-electron chi connectivity index (χ1n) is 8.18. The number of benzene rings is 1. The zero-order valence-electron chi connectivity index (χ0n) is 13.2. The molecule has 0 bridgehead atoms. The third-order valence-electron chi connectivity index (χ3n) is 4.27. The number of pyridine rings is 1. The van der Waals surface area contributed by atoms with E-state index in [1.54, 1.807) is 0 Å². The summed E-state index contributed by atoms with van der Waals surface area (Å²) in [7, 11) is 0. The van der Waals surface area contributed by atoms with Crippen LogP contribution in [0.15, 0.2) is 30.3 Å². The molecule has 1 aliphatic heterocycles. The number of ether oxygens (including phenoxy) is 1. The number of aliphatic hydroxyl groups excluding tert-OH is 1. The minimum atomic E-state index is 0.0919. The Morgan fingerprint density at radius 3 is 3.05 bits per heavy atom. The van der Waals surface area contributed by atoms with Gasteiger partial charge in [0.25, 0.3) is 0 Å². The van der Waals surface area contributed by atoms with Crippen molar-refractivity contribution in [2.45, 2.75) is 32.3 Å². The summed E-state index contributed by atoms with van der Waals surface area (Å²) >= 11 is 0. The number of para-hydroxylation sites is 1. The maximum absolute atomic E-state index is 8.94. The summed E-state index contributed by atoms with van der Waals surface area (Å²) < 4.78 is 5.75. The molecule has 4 nitrogen and oxygen atoms in total. The predicted molar refractivity (Wildman–Crippen MR) is 89.4 cm³/mol. The van der Waals surface area contributed by atoms with Crippen molar-refractivity contribution in [3.63, 3.8) is 0 Å². The number of aryl methyl sites for hydroxylation is 1. The highest BCUT2D eigenvalue weighted by Crippen LogP contribution is 2.29. The van der Waals surface area contributed by atoms with E-state index in [9.17, 15) is 0 Å². The number of aromatic nitrogens is 1. The Bertz CT molecular complexity index is 630. The number of anilines is 1. The van der Waals surface area contributed by atoms with Gasteiger partial charge >= 0.3 is 0 Å². The van der Waals surface area contributed by atoms with Gasteiger partial charge in [0.1, 0.15) is 0 Å². The molecule has 1 unspecified atom stereocenters. The van der Waals surface area contributed by atoms with Gasteiger partial charge in [-0.2, -0.15) is 0 Å². The van der Waals surface area contributed by atoms with Gasteiger partial charge in [-0.3, -0.25) is 4.98 Å². The highest BCUT2D eigenvalue weighted by atomic mass is 16.5. The molecule has 0 radical (unpaired) electrons. The lowest BCUT2D eigenvalue weighted by molar-refractivity contribution is 0.0215. The molecule has 1 saturated heterocycles. The van der Waals surface area contributed by atoms with Crippen LogP contribution in [-0.4, -0.2) is 42.5 Å². The van der Waals surface area contributed by atoms with Crippen LogP contribution >= 0.6 is 0 Å². The molecule has 0 aliphatic carbocycles. The quantitative estimate of drug-likeness (QED) is 0.922. The van der Waals surface area contributed by atoms with Crippen LogP contribution < -0.4 is 4.90 Å². The third kappa shape index (κ3) is 3.23. The maximum atomic E-state index is 8.94. The standard InChI is InChI=1S/C18H24N2O2/c1-2-14-12-18(16-7-3-4-8-17(16)19-14)20-9-5-6-15(13-20)22-11-10-21/h3-4,7-8,12,15,21H,2,5-6,9-11,13H2,1H3. The second kappa shape index (κ2) is 7.07. The summed E-state index contributed by atoms with van der Waals surface area (Å²) in [6, 6.07) is 10.6. The van der Waals surface area contributed by atoms with Crippen molar-refractivity contribution in [3.05, 3.63) is 36.0 Å². The molecule has 1 fully saturated rings. The van der Waals surface area contributed by atoms with E-state index < -0.39 is 0 Å². The largest absolute Gasteiger partial charge is 0.394 e. The van der Waals surface area contributed by atoms with E-state index >= 15 is 0 Å². The molecule has 0 amide bonds. The van der Waals surface area contributed by atoms with Crippen molar-refractivity contribution in [2.24, 2.45) is 0 Å². The average molecular weight is 300 g/mol. The molecule has 1 atom stereocenters. The van der Waals surface area contributed by atoms with Crippen molar-refractivity contribution in [3.8, 4) is 0 Å². The Hall–Kier alpha value is -1.65. The molecule has 0 spiro atoms. The minimum Gasteiger partial charge on any atom is -0.394 e. The summed E-state index contributed by atoms with van der Waals surface area (Å²) in [6.45, 7) is 4.60. The summed E-state index contributed by atoms with van der Waals surface area (Å²) in [6.07, 6.45) is 3.34. The summed E-state index contributed by atoms with van der Waals surface area (Å²) in [4.78, 5) is 7.14. The van der Waals surface area contributed by atoms with Crippen LogP contribution in [0, 0.1) is 0 Å². The smallest absolute Gasteiger partial charge is 0.0751 e. The van der Waals surface area contributed by atoms with Crippen LogP contribution in [0.3, 0.4) is 0 Å². The van der Waals surface area contributed by atoms with Gasteiger partial charge in [0, 0.05) is 29.9 Å². The Morgan fingerprint density at radius 1 is 1.36 bits per heavy atom. The van der Waals surface area contributed by atoms with Gasteiger partial charge < -0.3 is 14.7 Å². The third-order valence-corrected chi connectivity index (χ3v) is 4.27. The zero-order chi connectivity index (χ0) is 15.4. The Kier molecular flexibility index (Phi) is 4.90. The van der Waals surface area contributed by atoms with E-state index in [0.717, 1.165) is 43.6 Å². The molecule has 1 aliphatic rings. The van der Waals surface area contributed by atoms with Crippen LogP contribution in [-0.2, 0) is 11.2 Å². The molecule has 1 N–H and O–H groups in total. The lowest BCUT2D eigenvalue weighted by Crippen LogP contribution is -2.40. The Morgan fingerprint density at radius 2 is 2.23 bits per heavy atom. The average Bonchev–Trinajstić information content (AvgIpc) is 2.59. The van der Waals surface area contributed by atoms with E-state index in [2.05, 4.69) is 36.1 Å². The van der Waals surface area contributed by atoms with Crippen LogP contribution in [0.4, 0.5) is 5.69 Å². The van der Waals surface area contributed by atoms with Gasteiger partial charge in [0.2, 0.25) is 0 Å². The van der Waals surface area contributed by atoms with Gasteiger partial charge in [-0.1, -0.05) is 25.1 Å². The van der Waals surface area contributed by atoms with E-state index in [0.29, 0.717) is 6.61 Å². The van der Waals surface area contributed by atoms with Crippen LogP contribution in [0.1, 0.15) is 25.5 Å². The SMILES string of the molecule is CCc1cc(N2CCCC(OCCO)C2)c2ccccc2n1. The summed E-state index contributed by atoms with van der Waals surface area (Å²) in [5.41, 5.74) is 3.46. The predicted octanol–water partition coefficient (Wildman–Crippen LogP) is 2.77. The molecular weight excluding hydrogens is 276 g/mol. The van der Waals surface area contributed by atoms with Crippen LogP contribution in [0.25, 0.3) is 10.9 Å². The number of rotatable bonds is 5. The van der Waals surface area contributed by atoms with E-state index in [-0.39, 0.29) is 12.7 Å². The monoisotopic (exact) mass is 300 g/mol. The van der Waals surface area contributed by atoms with Crippen LogP contribution in [0.5, 0.6) is 0 Å². The fraction of sp³-hybridized carbons (Fsp3) is 0.500. The Labute approximate surface area is 131 Å². The van der Waals surface area contributed by atoms with Crippen molar-refractivity contribution in [1.29, 1.82) is 0 Å². The van der Waals surface area contributed by atoms with E-state index in [1.807, 2.05) is 6.07 Å². The van der Waals surface area contributed by atoms with Gasteiger partial charge in [0.05, 0.1) is 24.8 Å². The van der Waals surface area contributed by atoms with Crippen molar-refractivity contribution >= 4 is 16.6 Å². The maximum Gasteiger partial charge on any atom is 0.0751 e. The number of piperidine rings is 1.